The van der Waals surface area contributed by atoms with Crippen LogP contribution in [-0.2, 0) is 0 Å². The molecule has 1 fully saturated rings. The maximum atomic E-state index is 13.8. The molecule has 0 spiro atoms. The highest BCUT2D eigenvalue weighted by molar-refractivity contribution is 5.94. The first-order valence-electron chi connectivity index (χ1n) is 8.39. The lowest BCUT2D eigenvalue weighted by Crippen LogP contribution is -2.49. The van der Waals surface area contributed by atoms with Crippen molar-refractivity contribution in [3.05, 3.63) is 66.2 Å². The summed E-state index contributed by atoms with van der Waals surface area (Å²) in [6.07, 6.45) is 1.59. The van der Waals surface area contributed by atoms with Gasteiger partial charge in [-0.1, -0.05) is 12.1 Å². The van der Waals surface area contributed by atoms with Gasteiger partial charge < -0.3 is 14.2 Å². The van der Waals surface area contributed by atoms with E-state index in [2.05, 4.69) is 15.1 Å². The number of rotatable bonds is 3. The second-order valence-corrected chi connectivity index (χ2v) is 6.01. The quantitative estimate of drug-likeness (QED) is 0.725. The molecular formula is C19H17FN4O2. The lowest BCUT2D eigenvalue weighted by atomic mass is 10.1. The fourth-order valence-corrected chi connectivity index (χ4v) is 2.99. The van der Waals surface area contributed by atoms with Gasteiger partial charge in [0.25, 0.3) is 5.91 Å². The lowest BCUT2D eigenvalue weighted by Gasteiger charge is -2.35. The molecule has 0 bridgehead atoms. The van der Waals surface area contributed by atoms with Crippen molar-refractivity contribution in [3.8, 4) is 11.5 Å². The molecule has 0 radical (unpaired) electrons. The molecule has 0 atom stereocenters. The number of hydrogen-bond acceptors (Lipinski definition) is 5. The molecule has 4 rings (SSSR count). The van der Waals surface area contributed by atoms with Crippen LogP contribution in [0, 0.1) is 5.82 Å². The van der Waals surface area contributed by atoms with E-state index in [4.69, 9.17) is 4.42 Å². The second kappa shape index (κ2) is 6.95. The number of furan rings is 1. The van der Waals surface area contributed by atoms with Crippen LogP contribution in [0.4, 0.5) is 10.2 Å². The molecule has 0 unspecified atom stereocenters. The monoisotopic (exact) mass is 352 g/mol. The van der Waals surface area contributed by atoms with Crippen LogP contribution in [-0.4, -0.2) is 47.2 Å². The highest BCUT2D eigenvalue weighted by Gasteiger charge is 2.24. The first kappa shape index (κ1) is 16.3. The topological polar surface area (TPSA) is 62.5 Å². The van der Waals surface area contributed by atoms with Gasteiger partial charge in [-0.2, -0.15) is 0 Å². The number of anilines is 1. The van der Waals surface area contributed by atoms with E-state index < -0.39 is 5.82 Å². The minimum atomic E-state index is -0.487. The molecule has 3 aromatic rings. The summed E-state index contributed by atoms with van der Waals surface area (Å²) in [5.41, 5.74) is 0.788. The van der Waals surface area contributed by atoms with Crippen LogP contribution in [0.25, 0.3) is 11.5 Å². The molecule has 1 amide bonds. The van der Waals surface area contributed by atoms with Crippen LogP contribution < -0.4 is 4.90 Å². The van der Waals surface area contributed by atoms with E-state index in [1.807, 2.05) is 18.2 Å². The Morgan fingerprint density at radius 3 is 2.42 bits per heavy atom. The van der Waals surface area contributed by atoms with Gasteiger partial charge >= 0.3 is 0 Å². The molecule has 0 N–H and O–H groups in total. The maximum absolute atomic E-state index is 13.8. The van der Waals surface area contributed by atoms with Gasteiger partial charge in [0.1, 0.15) is 11.5 Å². The average molecular weight is 352 g/mol. The number of carbonyl (C=O) groups is 1. The van der Waals surface area contributed by atoms with Crippen molar-refractivity contribution in [1.82, 2.24) is 15.1 Å². The highest BCUT2D eigenvalue weighted by Crippen LogP contribution is 2.20. The summed E-state index contributed by atoms with van der Waals surface area (Å²) >= 11 is 0. The van der Waals surface area contributed by atoms with Gasteiger partial charge in [0, 0.05) is 26.2 Å². The number of aromatic nitrogens is 2. The van der Waals surface area contributed by atoms with Crippen LogP contribution in [0.15, 0.2) is 59.2 Å². The van der Waals surface area contributed by atoms with E-state index >= 15 is 0 Å². The third kappa shape index (κ3) is 3.15. The fraction of sp³-hybridized carbons (Fsp3) is 0.211. The van der Waals surface area contributed by atoms with E-state index in [-0.39, 0.29) is 11.5 Å². The summed E-state index contributed by atoms with van der Waals surface area (Å²) in [7, 11) is 0. The van der Waals surface area contributed by atoms with E-state index in [1.165, 1.54) is 12.1 Å². The van der Waals surface area contributed by atoms with E-state index in [0.29, 0.717) is 37.6 Å². The maximum Gasteiger partial charge on any atom is 0.256 e. The molecule has 132 valence electrons. The SMILES string of the molecule is O=C(c1ccccc1F)N1CCN(c2ccc(-c3ccco3)nn2)CC1. The van der Waals surface area contributed by atoms with Gasteiger partial charge in [0.15, 0.2) is 11.6 Å². The van der Waals surface area contributed by atoms with Crippen molar-refractivity contribution in [1.29, 1.82) is 0 Å². The average Bonchev–Trinajstić information content (AvgIpc) is 3.23. The lowest BCUT2D eigenvalue weighted by molar-refractivity contribution is 0.0742. The normalized spacial score (nSPS) is 14.5. The number of benzene rings is 1. The largest absolute Gasteiger partial charge is 0.463 e. The minimum absolute atomic E-state index is 0.114. The molecule has 0 saturated carbocycles. The standard InChI is InChI=1S/C19H17FN4O2/c20-15-5-2-1-4-14(15)19(25)24-11-9-23(10-12-24)18-8-7-16(21-22-18)17-6-3-13-26-17/h1-8,13H,9-12H2. The second-order valence-electron chi connectivity index (χ2n) is 6.01. The highest BCUT2D eigenvalue weighted by atomic mass is 19.1. The first-order chi connectivity index (χ1) is 12.7. The number of amides is 1. The minimum Gasteiger partial charge on any atom is -0.463 e. The Hall–Kier alpha value is -3.22. The first-order valence-corrected chi connectivity index (χ1v) is 8.39. The predicted molar refractivity (Wildman–Crippen MR) is 94.3 cm³/mol. The van der Waals surface area contributed by atoms with Crippen molar-refractivity contribution >= 4 is 11.7 Å². The molecular weight excluding hydrogens is 335 g/mol. The Morgan fingerprint density at radius 1 is 0.962 bits per heavy atom. The number of halogens is 1. The summed E-state index contributed by atoms with van der Waals surface area (Å²) in [5.74, 6) is 0.656. The van der Waals surface area contributed by atoms with Gasteiger partial charge in [-0.15, -0.1) is 10.2 Å². The molecule has 26 heavy (non-hydrogen) atoms. The smallest absolute Gasteiger partial charge is 0.256 e. The van der Waals surface area contributed by atoms with Crippen LogP contribution >= 0.6 is 0 Å². The van der Waals surface area contributed by atoms with Gasteiger partial charge in [0.05, 0.1) is 11.8 Å². The number of nitrogens with zero attached hydrogens (tertiary/aromatic N) is 4. The van der Waals surface area contributed by atoms with Gasteiger partial charge in [-0.3, -0.25) is 4.79 Å². The van der Waals surface area contributed by atoms with Crippen molar-refractivity contribution < 1.29 is 13.6 Å². The molecule has 1 saturated heterocycles. The Morgan fingerprint density at radius 2 is 1.77 bits per heavy atom. The van der Waals surface area contributed by atoms with Gasteiger partial charge in [-0.05, 0) is 36.4 Å². The zero-order valence-electron chi connectivity index (χ0n) is 14.0. The molecule has 0 aliphatic carbocycles. The van der Waals surface area contributed by atoms with Crippen LogP contribution in [0.3, 0.4) is 0 Å². The zero-order valence-corrected chi connectivity index (χ0v) is 14.0. The summed E-state index contributed by atoms with van der Waals surface area (Å²) in [4.78, 5) is 16.2. The number of carbonyl (C=O) groups excluding carboxylic acids is 1. The Balaban J connectivity index is 1.40. The van der Waals surface area contributed by atoms with E-state index in [0.717, 1.165) is 5.82 Å². The third-order valence-corrected chi connectivity index (χ3v) is 4.42. The van der Waals surface area contributed by atoms with Crippen molar-refractivity contribution in [2.45, 2.75) is 0 Å². The van der Waals surface area contributed by atoms with Crippen LogP contribution in [0.1, 0.15) is 10.4 Å². The molecule has 2 aromatic heterocycles. The molecule has 1 aromatic carbocycles. The third-order valence-electron chi connectivity index (χ3n) is 4.42. The Bertz CT molecular complexity index is 888. The predicted octanol–water partition coefficient (Wildman–Crippen LogP) is 2.84. The number of piperazine rings is 1. The van der Waals surface area contributed by atoms with Gasteiger partial charge in [0.2, 0.25) is 0 Å². The number of hydrogen-bond donors (Lipinski definition) is 0. The van der Waals surface area contributed by atoms with E-state index in [9.17, 15) is 9.18 Å². The summed E-state index contributed by atoms with van der Waals surface area (Å²) in [6, 6.07) is 13.4. The molecule has 1 aliphatic heterocycles. The van der Waals surface area contributed by atoms with Crippen LogP contribution in [0.2, 0.25) is 0 Å². The molecule has 3 heterocycles. The molecule has 1 aliphatic rings. The molecule has 7 heteroatoms. The van der Waals surface area contributed by atoms with Crippen molar-refractivity contribution in [3.63, 3.8) is 0 Å². The Kier molecular flexibility index (Phi) is 4.35. The van der Waals surface area contributed by atoms with E-state index in [1.54, 1.807) is 29.4 Å². The van der Waals surface area contributed by atoms with Crippen molar-refractivity contribution in [2.75, 3.05) is 31.1 Å². The fourth-order valence-electron chi connectivity index (χ4n) is 2.99. The summed E-state index contributed by atoms with van der Waals surface area (Å²) < 4.78 is 19.1. The summed E-state index contributed by atoms with van der Waals surface area (Å²) in [5, 5.41) is 8.45. The van der Waals surface area contributed by atoms with Gasteiger partial charge in [-0.25, -0.2) is 4.39 Å². The van der Waals surface area contributed by atoms with Crippen molar-refractivity contribution in [2.24, 2.45) is 0 Å². The summed E-state index contributed by atoms with van der Waals surface area (Å²) in [6.45, 7) is 2.26. The Labute approximate surface area is 149 Å². The zero-order chi connectivity index (χ0) is 17.9. The van der Waals surface area contributed by atoms with Crippen LogP contribution in [0.5, 0.6) is 0 Å². The molecule has 6 nitrogen and oxygen atoms in total.